The summed E-state index contributed by atoms with van der Waals surface area (Å²) in [5, 5.41) is 0. The molecule has 2 rings (SSSR count). The summed E-state index contributed by atoms with van der Waals surface area (Å²) >= 11 is 0. The zero-order valence-corrected chi connectivity index (χ0v) is 13.4. The molecule has 0 aromatic rings. The van der Waals surface area contributed by atoms with Gasteiger partial charge in [0.2, 0.25) is 0 Å². The Hall–Kier alpha value is -0.690. The van der Waals surface area contributed by atoms with Gasteiger partial charge in [-0.15, -0.1) is 0 Å². The van der Waals surface area contributed by atoms with Gasteiger partial charge in [-0.2, -0.15) is 0 Å². The summed E-state index contributed by atoms with van der Waals surface area (Å²) in [6.45, 7) is 10.2. The molecule has 0 radical (unpaired) electrons. The van der Waals surface area contributed by atoms with Crippen molar-refractivity contribution >= 4 is 5.91 Å². The van der Waals surface area contributed by atoms with Gasteiger partial charge in [-0.25, -0.2) is 0 Å². The molecule has 2 heterocycles. The Morgan fingerprint density at radius 1 is 1.29 bits per heavy atom. The normalized spacial score (nSPS) is 28.8. The number of nitrogens with zero attached hydrogens (tertiary/aromatic N) is 2. The molecule has 0 aliphatic carbocycles. The van der Waals surface area contributed by atoms with E-state index in [4.69, 9.17) is 14.2 Å². The van der Waals surface area contributed by atoms with E-state index in [1.165, 1.54) is 0 Å². The number of ether oxygens (including phenoxy) is 3. The topological polar surface area (TPSA) is 51.2 Å². The van der Waals surface area contributed by atoms with Gasteiger partial charge >= 0.3 is 0 Å². The molecule has 1 amide bonds. The van der Waals surface area contributed by atoms with Crippen LogP contribution in [-0.4, -0.2) is 87.6 Å². The van der Waals surface area contributed by atoms with E-state index in [0.29, 0.717) is 25.2 Å². The number of carbonyl (C=O) groups is 1. The predicted octanol–water partition coefficient (Wildman–Crippen LogP) is 0.217. The van der Waals surface area contributed by atoms with Gasteiger partial charge in [-0.3, -0.25) is 9.69 Å². The monoisotopic (exact) mass is 300 g/mol. The number of likely N-dealkylation sites (tertiary alicyclic amines) is 1. The average Bonchev–Trinajstić information content (AvgIpc) is 2.89. The van der Waals surface area contributed by atoms with E-state index in [2.05, 4.69) is 11.8 Å². The third kappa shape index (κ3) is 4.39. The molecule has 0 spiro atoms. The maximum absolute atomic E-state index is 12.4. The van der Waals surface area contributed by atoms with Crippen LogP contribution in [0.15, 0.2) is 0 Å². The average molecular weight is 300 g/mol. The van der Waals surface area contributed by atoms with Crippen LogP contribution in [0.4, 0.5) is 0 Å². The molecule has 0 unspecified atom stereocenters. The summed E-state index contributed by atoms with van der Waals surface area (Å²) in [7, 11) is 1.63. The zero-order valence-electron chi connectivity index (χ0n) is 13.4. The van der Waals surface area contributed by atoms with Crippen LogP contribution in [0, 0.1) is 5.92 Å². The Bertz CT molecular complexity index is 334. The van der Waals surface area contributed by atoms with E-state index >= 15 is 0 Å². The summed E-state index contributed by atoms with van der Waals surface area (Å²) in [5.41, 5.74) is 0. The fraction of sp³-hybridized carbons (Fsp3) is 0.933. The first-order valence-electron chi connectivity index (χ1n) is 7.84. The maximum atomic E-state index is 12.4. The van der Waals surface area contributed by atoms with Crippen LogP contribution in [0.5, 0.6) is 0 Å². The van der Waals surface area contributed by atoms with Crippen molar-refractivity contribution in [3.05, 3.63) is 0 Å². The number of carbonyl (C=O) groups excluding carboxylic acids is 1. The maximum Gasteiger partial charge on any atom is 0.251 e. The van der Waals surface area contributed by atoms with Crippen LogP contribution in [0.25, 0.3) is 0 Å². The first kappa shape index (κ1) is 16.7. The number of hydrogen-bond donors (Lipinski definition) is 0. The van der Waals surface area contributed by atoms with E-state index < -0.39 is 6.10 Å². The third-order valence-electron chi connectivity index (χ3n) is 4.40. The molecular formula is C15H28N2O4. The Morgan fingerprint density at radius 3 is 2.67 bits per heavy atom. The van der Waals surface area contributed by atoms with E-state index in [-0.39, 0.29) is 5.91 Å². The van der Waals surface area contributed by atoms with Gasteiger partial charge in [-0.05, 0) is 12.8 Å². The van der Waals surface area contributed by atoms with E-state index in [1.807, 2.05) is 11.8 Å². The Kier molecular flexibility index (Phi) is 6.41. The van der Waals surface area contributed by atoms with Gasteiger partial charge in [0, 0.05) is 39.3 Å². The summed E-state index contributed by atoms with van der Waals surface area (Å²) in [6, 6.07) is 0.448. The molecule has 2 aliphatic heterocycles. The van der Waals surface area contributed by atoms with Crippen LogP contribution in [0.1, 0.15) is 13.8 Å². The fourth-order valence-corrected chi connectivity index (χ4v) is 3.15. The number of hydrogen-bond acceptors (Lipinski definition) is 5. The van der Waals surface area contributed by atoms with E-state index in [1.54, 1.807) is 7.11 Å². The lowest BCUT2D eigenvalue weighted by Gasteiger charge is -2.34. The van der Waals surface area contributed by atoms with Crippen LogP contribution in [0.3, 0.4) is 0 Å². The van der Waals surface area contributed by atoms with Crippen molar-refractivity contribution in [2.75, 3.05) is 59.7 Å². The Labute approximate surface area is 127 Å². The summed E-state index contributed by atoms with van der Waals surface area (Å²) in [5.74, 6) is 0.590. The standard InChI is InChI=1S/C15H28N2O4/c1-12-10-17(15(18)13(2)21-9-8-19-3)11-14(12)16-4-6-20-7-5-16/h12-14H,4-11H2,1-3H3/t12-,13-,14+/m1/s1. The lowest BCUT2D eigenvalue weighted by atomic mass is 10.0. The van der Waals surface area contributed by atoms with Crippen LogP contribution in [-0.2, 0) is 19.0 Å². The van der Waals surface area contributed by atoms with Crippen molar-refractivity contribution in [1.82, 2.24) is 9.80 Å². The highest BCUT2D eigenvalue weighted by atomic mass is 16.5. The molecule has 0 bridgehead atoms. The molecule has 2 fully saturated rings. The van der Waals surface area contributed by atoms with Crippen molar-refractivity contribution in [1.29, 1.82) is 0 Å². The zero-order chi connectivity index (χ0) is 15.2. The molecule has 2 aliphatic rings. The highest BCUT2D eigenvalue weighted by molar-refractivity contribution is 5.80. The van der Waals surface area contributed by atoms with Crippen molar-refractivity contribution < 1.29 is 19.0 Å². The fourth-order valence-electron chi connectivity index (χ4n) is 3.15. The first-order valence-corrected chi connectivity index (χ1v) is 7.84. The lowest BCUT2D eigenvalue weighted by molar-refractivity contribution is -0.142. The Balaban J connectivity index is 1.83. The van der Waals surface area contributed by atoms with Gasteiger partial charge in [0.25, 0.3) is 5.91 Å². The molecule has 3 atom stereocenters. The van der Waals surface area contributed by atoms with Gasteiger partial charge in [0.15, 0.2) is 0 Å². The van der Waals surface area contributed by atoms with E-state index in [0.717, 1.165) is 39.4 Å². The molecule has 21 heavy (non-hydrogen) atoms. The van der Waals surface area contributed by atoms with Gasteiger partial charge in [-0.1, -0.05) is 6.92 Å². The van der Waals surface area contributed by atoms with E-state index in [9.17, 15) is 4.79 Å². The molecule has 122 valence electrons. The van der Waals surface area contributed by atoms with Crippen molar-refractivity contribution in [2.45, 2.75) is 26.0 Å². The number of rotatable bonds is 6. The summed E-state index contributed by atoms with van der Waals surface area (Å²) in [6.07, 6.45) is -0.393. The molecule has 0 N–H and O–H groups in total. The first-order chi connectivity index (χ1) is 10.1. The molecule has 0 aromatic carbocycles. The number of methoxy groups -OCH3 is 1. The van der Waals surface area contributed by atoms with Crippen molar-refractivity contribution in [3.8, 4) is 0 Å². The molecule has 0 aromatic heterocycles. The highest BCUT2D eigenvalue weighted by Crippen LogP contribution is 2.23. The van der Waals surface area contributed by atoms with Crippen molar-refractivity contribution in [2.24, 2.45) is 5.92 Å². The second kappa shape index (κ2) is 8.08. The van der Waals surface area contributed by atoms with Gasteiger partial charge in [0.05, 0.1) is 26.4 Å². The van der Waals surface area contributed by atoms with Crippen molar-refractivity contribution in [3.63, 3.8) is 0 Å². The largest absolute Gasteiger partial charge is 0.382 e. The van der Waals surface area contributed by atoms with Gasteiger partial charge < -0.3 is 19.1 Å². The molecule has 0 saturated carbocycles. The summed E-state index contributed by atoms with van der Waals surface area (Å²) in [4.78, 5) is 16.8. The second-order valence-corrected chi connectivity index (χ2v) is 5.94. The highest BCUT2D eigenvalue weighted by Gasteiger charge is 2.37. The minimum Gasteiger partial charge on any atom is -0.382 e. The van der Waals surface area contributed by atoms with Gasteiger partial charge in [0.1, 0.15) is 6.10 Å². The quantitative estimate of drug-likeness (QED) is 0.657. The molecule has 6 heteroatoms. The smallest absolute Gasteiger partial charge is 0.251 e. The predicted molar refractivity (Wildman–Crippen MR) is 79.2 cm³/mol. The molecular weight excluding hydrogens is 272 g/mol. The second-order valence-electron chi connectivity index (χ2n) is 5.94. The van der Waals surface area contributed by atoms with Crippen LogP contribution >= 0.6 is 0 Å². The van der Waals surface area contributed by atoms with Crippen LogP contribution < -0.4 is 0 Å². The number of morpholine rings is 1. The minimum absolute atomic E-state index is 0.0914. The summed E-state index contributed by atoms with van der Waals surface area (Å²) < 4.78 is 15.9. The van der Waals surface area contributed by atoms with Crippen LogP contribution in [0.2, 0.25) is 0 Å². The Morgan fingerprint density at radius 2 is 2.00 bits per heavy atom. The molecule has 6 nitrogen and oxygen atoms in total. The molecule has 2 saturated heterocycles. The number of amides is 1. The lowest BCUT2D eigenvalue weighted by Crippen LogP contribution is -2.47. The SMILES string of the molecule is COCCO[C@H](C)C(=O)N1C[C@@H](C)[C@@H](N2CCOCC2)C1. The third-order valence-corrected chi connectivity index (χ3v) is 4.40. The minimum atomic E-state index is -0.393.